The number of hydrogen-bond donors (Lipinski definition) is 3. The molecular formula is C23H24F2N4O5. The monoisotopic (exact) mass is 474 g/mol. The number of urea groups is 1. The van der Waals surface area contributed by atoms with Crippen molar-refractivity contribution in [2.75, 3.05) is 17.2 Å². The highest BCUT2D eigenvalue weighted by molar-refractivity contribution is 6.10. The van der Waals surface area contributed by atoms with Crippen molar-refractivity contribution < 1.29 is 32.7 Å². The highest BCUT2D eigenvalue weighted by Gasteiger charge is 2.49. The molecule has 11 heteroatoms. The fourth-order valence-corrected chi connectivity index (χ4v) is 3.30. The fraction of sp³-hybridized carbons (Fsp3) is 0.304. The van der Waals surface area contributed by atoms with Crippen molar-refractivity contribution in [1.82, 2.24) is 10.2 Å². The van der Waals surface area contributed by atoms with E-state index in [9.17, 15) is 28.0 Å². The molecule has 1 atom stereocenters. The van der Waals surface area contributed by atoms with Crippen LogP contribution in [-0.4, -0.2) is 41.0 Å². The Morgan fingerprint density at radius 3 is 2.24 bits per heavy atom. The SMILES string of the molecule is CC(C)(C)OC(=O)Nc1ccc(F)cc1NC(=O)CN1C(=O)NC(C)(c2ccc(F)cc2)C1=O. The van der Waals surface area contributed by atoms with E-state index in [-0.39, 0.29) is 11.4 Å². The number of benzene rings is 2. The Balaban J connectivity index is 1.74. The van der Waals surface area contributed by atoms with Crippen LogP contribution >= 0.6 is 0 Å². The van der Waals surface area contributed by atoms with Crippen LogP contribution in [0, 0.1) is 11.6 Å². The van der Waals surface area contributed by atoms with Gasteiger partial charge in [-0.05, 0) is 63.6 Å². The molecule has 0 spiro atoms. The summed E-state index contributed by atoms with van der Waals surface area (Å²) >= 11 is 0. The van der Waals surface area contributed by atoms with Gasteiger partial charge in [0.1, 0.15) is 29.3 Å². The molecule has 1 aliphatic heterocycles. The number of rotatable bonds is 5. The molecular weight excluding hydrogens is 450 g/mol. The molecule has 0 bridgehead atoms. The van der Waals surface area contributed by atoms with E-state index < -0.39 is 53.3 Å². The lowest BCUT2D eigenvalue weighted by Gasteiger charge is -2.22. The highest BCUT2D eigenvalue weighted by atomic mass is 19.1. The largest absolute Gasteiger partial charge is 0.444 e. The summed E-state index contributed by atoms with van der Waals surface area (Å²) in [6.07, 6.45) is -0.821. The van der Waals surface area contributed by atoms with Crippen LogP contribution in [-0.2, 0) is 19.9 Å². The van der Waals surface area contributed by atoms with Gasteiger partial charge in [0.25, 0.3) is 5.91 Å². The van der Waals surface area contributed by atoms with Crippen LogP contribution in [0.15, 0.2) is 42.5 Å². The summed E-state index contributed by atoms with van der Waals surface area (Å²) in [6.45, 7) is 5.75. The zero-order valence-corrected chi connectivity index (χ0v) is 19.0. The van der Waals surface area contributed by atoms with Gasteiger partial charge in [-0.25, -0.2) is 18.4 Å². The van der Waals surface area contributed by atoms with Crippen molar-refractivity contribution in [3.05, 3.63) is 59.7 Å². The van der Waals surface area contributed by atoms with Crippen molar-refractivity contribution in [2.45, 2.75) is 38.8 Å². The van der Waals surface area contributed by atoms with Crippen LogP contribution in [0.3, 0.4) is 0 Å². The molecule has 1 unspecified atom stereocenters. The summed E-state index contributed by atoms with van der Waals surface area (Å²) in [7, 11) is 0. The molecule has 9 nitrogen and oxygen atoms in total. The number of nitrogens with one attached hydrogen (secondary N) is 3. The molecule has 0 radical (unpaired) electrons. The van der Waals surface area contributed by atoms with Gasteiger partial charge in [-0.15, -0.1) is 0 Å². The fourth-order valence-electron chi connectivity index (χ4n) is 3.30. The second kappa shape index (κ2) is 9.08. The van der Waals surface area contributed by atoms with Crippen LogP contribution < -0.4 is 16.0 Å². The molecule has 180 valence electrons. The Labute approximate surface area is 194 Å². The molecule has 3 rings (SSSR count). The number of carbonyl (C=O) groups is 4. The van der Waals surface area contributed by atoms with E-state index in [0.717, 1.165) is 24.3 Å². The molecule has 1 saturated heterocycles. The lowest BCUT2D eigenvalue weighted by Crippen LogP contribution is -2.42. The molecule has 0 aliphatic carbocycles. The first-order valence-electron chi connectivity index (χ1n) is 10.3. The summed E-state index contributed by atoms with van der Waals surface area (Å²) in [4.78, 5) is 50.8. The van der Waals surface area contributed by atoms with Gasteiger partial charge < -0.3 is 15.4 Å². The van der Waals surface area contributed by atoms with Crippen molar-refractivity contribution >= 4 is 35.3 Å². The van der Waals surface area contributed by atoms with Crippen LogP contribution in [0.1, 0.15) is 33.3 Å². The Hall–Kier alpha value is -4.02. The van der Waals surface area contributed by atoms with Crippen LogP contribution in [0.4, 0.5) is 29.7 Å². The maximum atomic E-state index is 13.8. The number of imide groups is 1. The molecule has 5 amide bonds. The minimum Gasteiger partial charge on any atom is -0.444 e. The summed E-state index contributed by atoms with van der Waals surface area (Å²) in [6, 6.07) is 7.48. The van der Waals surface area contributed by atoms with E-state index in [2.05, 4.69) is 16.0 Å². The molecule has 1 fully saturated rings. The zero-order chi connectivity index (χ0) is 25.3. The molecule has 0 aromatic heterocycles. The quantitative estimate of drug-likeness (QED) is 0.571. The second-order valence-electron chi connectivity index (χ2n) is 8.82. The summed E-state index contributed by atoms with van der Waals surface area (Å²) < 4.78 is 32.2. The van der Waals surface area contributed by atoms with Gasteiger partial charge in [-0.2, -0.15) is 0 Å². The smallest absolute Gasteiger partial charge is 0.412 e. The summed E-state index contributed by atoms with van der Waals surface area (Å²) in [5.41, 5.74) is -1.98. The van der Waals surface area contributed by atoms with Gasteiger partial charge in [-0.3, -0.25) is 19.8 Å². The first-order chi connectivity index (χ1) is 15.8. The normalized spacial score (nSPS) is 17.9. The standard InChI is InChI=1S/C23H24F2N4O5/c1-22(2,3)34-21(33)27-16-10-9-15(25)11-17(16)26-18(30)12-29-19(31)23(4,28-20(29)32)13-5-7-14(24)8-6-13/h5-11H,12H2,1-4H3,(H,26,30)(H,27,33)(H,28,32). The third-order valence-electron chi connectivity index (χ3n) is 4.89. The van der Waals surface area contributed by atoms with E-state index in [4.69, 9.17) is 4.74 Å². The number of carbonyl (C=O) groups excluding carboxylic acids is 4. The highest BCUT2D eigenvalue weighted by Crippen LogP contribution is 2.29. The topological polar surface area (TPSA) is 117 Å². The molecule has 1 heterocycles. The van der Waals surface area contributed by atoms with Gasteiger partial charge in [0.05, 0.1) is 11.4 Å². The Kier molecular flexibility index (Phi) is 6.58. The lowest BCUT2D eigenvalue weighted by atomic mass is 9.92. The van der Waals surface area contributed by atoms with Gasteiger partial charge in [0, 0.05) is 0 Å². The van der Waals surface area contributed by atoms with E-state index in [1.165, 1.54) is 25.1 Å². The van der Waals surface area contributed by atoms with Crippen LogP contribution in [0.5, 0.6) is 0 Å². The Morgan fingerprint density at radius 1 is 1.00 bits per heavy atom. The van der Waals surface area contributed by atoms with Gasteiger partial charge >= 0.3 is 12.1 Å². The molecule has 3 N–H and O–H groups in total. The number of nitrogens with zero attached hydrogens (tertiary/aromatic N) is 1. The molecule has 34 heavy (non-hydrogen) atoms. The first-order valence-corrected chi connectivity index (χ1v) is 10.3. The number of ether oxygens (including phenoxy) is 1. The third kappa shape index (κ3) is 5.48. The number of amides is 5. The van der Waals surface area contributed by atoms with E-state index >= 15 is 0 Å². The number of anilines is 2. The summed E-state index contributed by atoms with van der Waals surface area (Å²) in [5.74, 6) is -2.73. The second-order valence-corrected chi connectivity index (χ2v) is 8.82. The molecule has 1 aliphatic rings. The van der Waals surface area contributed by atoms with Gasteiger partial charge in [0.15, 0.2) is 0 Å². The number of hydrogen-bond acceptors (Lipinski definition) is 5. The predicted octanol–water partition coefficient (Wildman–Crippen LogP) is 3.72. The first kappa shape index (κ1) is 24.6. The molecule has 2 aromatic carbocycles. The van der Waals surface area contributed by atoms with Crippen LogP contribution in [0.25, 0.3) is 0 Å². The minimum absolute atomic E-state index is 0.0531. The van der Waals surface area contributed by atoms with E-state index in [1.54, 1.807) is 20.8 Å². The number of halogens is 2. The van der Waals surface area contributed by atoms with Crippen LogP contribution in [0.2, 0.25) is 0 Å². The van der Waals surface area contributed by atoms with Gasteiger partial charge in [-0.1, -0.05) is 12.1 Å². The van der Waals surface area contributed by atoms with E-state index in [1.807, 2.05) is 0 Å². The average molecular weight is 474 g/mol. The Bertz CT molecular complexity index is 1150. The maximum Gasteiger partial charge on any atom is 0.412 e. The van der Waals surface area contributed by atoms with Crippen molar-refractivity contribution in [1.29, 1.82) is 0 Å². The predicted molar refractivity (Wildman–Crippen MR) is 119 cm³/mol. The van der Waals surface area contributed by atoms with Crippen molar-refractivity contribution in [3.63, 3.8) is 0 Å². The van der Waals surface area contributed by atoms with Crippen molar-refractivity contribution in [3.8, 4) is 0 Å². The van der Waals surface area contributed by atoms with Crippen molar-refractivity contribution in [2.24, 2.45) is 0 Å². The van der Waals surface area contributed by atoms with E-state index in [0.29, 0.717) is 10.5 Å². The zero-order valence-electron chi connectivity index (χ0n) is 19.0. The Morgan fingerprint density at radius 2 is 1.62 bits per heavy atom. The average Bonchev–Trinajstić information content (AvgIpc) is 2.93. The molecule has 0 saturated carbocycles. The minimum atomic E-state index is -1.49. The summed E-state index contributed by atoms with van der Waals surface area (Å²) in [5, 5.41) is 7.31. The lowest BCUT2D eigenvalue weighted by molar-refractivity contribution is -0.133. The molecule has 2 aromatic rings. The maximum absolute atomic E-state index is 13.8. The third-order valence-corrected chi connectivity index (χ3v) is 4.89. The van der Waals surface area contributed by atoms with Gasteiger partial charge in [0.2, 0.25) is 5.91 Å².